The molecule has 0 saturated heterocycles. The summed E-state index contributed by atoms with van der Waals surface area (Å²) in [5.74, 6) is 0. The molecule has 0 fully saturated rings. The van der Waals surface area contributed by atoms with Crippen molar-refractivity contribution in [2.75, 3.05) is 25.0 Å². The first-order chi connectivity index (χ1) is 10.3. The molecule has 0 saturated carbocycles. The molecule has 1 aromatic heterocycles. The molecular weight excluding hydrogens is 278 g/mol. The van der Waals surface area contributed by atoms with Crippen molar-refractivity contribution >= 4 is 17.0 Å². The Hall–Kier alpha value is -1.83. The Morgan fingerprint density at radius 3 is 3.00 bits per heavy atom. The van der Waals surface area contributed by atoms with Gasteiger partial charge in [0.15, 0.2) is 0 Å². The zero-order chi connectivity index (χ0) is 14.7. The molecule has 0 aliphatic carbocycles. The van der Waals surface area contributed by atoms with Crippen molar-refractivity contribution in [3.63, 3.8) is 0 Å². The molecule has 0 radical (unpaired) electrons. The van der Waals surface area contributed by atoms with Crippen LogP contribution in [0.1, 0.15) is 28.5 Å². The lowest BCUT2D eigenvalue weighted by atomic mass is 10.1. The number of anilines is 1. The van der Waals surface area contributed by atoms with Gasteiger partial charge < -0.3 is 10.2 Å². The Kier molecular flexibility index (Phi) is 4.23. The van der Waals surface area contributed by atoms with Crippen LogP contribution in [-0.4, -0.2) is 20.1 Å². The number of thiophene rings is 1. The van der Waals surface area contributed by atoms with Crippen LogP contribution in [0.5, 0.6) is 0 Å². The molecule has 0 amide bonds. The standard InChI is InChI=1S/C17H19N3S/c1-19-9-7-16(17-6-3-11-21-17)20-10-8-14-13(12-18)4-2-5-15(14)20/h2-6,11,16,19H,7-10H2,1H3/t16-/m0/s1. The van der Waals surface area contributed by atoms with E-state index in [0.717, 1.165) is 31.5 Å². The van der Waals surface area contributed by atoms with Gasteiger partial charge in [0, 0.05) is 17.1 Å². The van der Waals surface area contributed by atoms with E-state index < -0.39 is 0 Å². The third-order valence-corrected chi connectivity index (χ3v) is 5.07. The molecule has 2 heterocycles. The number of hydrogen-bond donors (Lipinski definition) is 1. The van der Waals surface area contributed by atoms with Crippen LogP contribution in [0.25, 0.3) is 0 Å². The van der Waals surface area contributed by atoms with E-state index in [0.29, 0.717) is 6.04 Å². The Morgan fingerprint density at radius 2 is 2.29 bits per heavy atom. The zero-order valence-electron chi connectivity index (χ0n) is 12.2. The summed E-state index contributed by atoms with van der Waals surface area (Å²) in [6.45, 7) is 1.99. The van der Waals surface area contributed by atoms with Gasteiger partial charge >= 0.3 is 0 Å². The average molecular weight is 297 g/mol. The van der Waals surface area contributed by atoms with Crippen LogP contribution < -0.4 is 10.2 Å². The lowest BCUT2D eigenvalue weighted by molar-refractivity contribution is 0.576. The van der Waals surface area contributed by atoms with Gasteiger partial charge in [-0.3, -0.25) is 0 Å². The third-order valence-electron chi connectivity index (χ3n) is 4.10. The van der Waals surface area contributed by atoms with Gasteiger partial charge in [-0.1, -0.05) is 12.1 Å². The van der Waals surface area contributed by atoms with Crippen molar-refractivity contribution in [1.82, 2.24) is 5.32 Å². The summed E-state index contributed by atoms with van der Waals surface area (Å²) in [7, 11) is 2.00. The molecule has 0 bridgehead atoms. The Bertz CT molecular complexity index is 643. The first-order valence-electron chi connectivity index (χ1n) is 7.31. The fraction of sp³-hybridized carbons (Fsp3) is 0.353. The summed E-state index contributed by atoms with van der Waals surface area (Å²) in [5, 5.41) is 14.7. The molecule has 1 N–H and O–H groups in total. The molecule has 0 spiro atoms. The van der Waals surface area contributed by atoms with Gasteiger partial charge in [-0.05, 0) is 55.6 Å². The van der Waals surface area contributed by atoms with E-state index in [-0.39, 0.29) is 0 Å². The van der Waals surface area contributed by atoms with Gasteiger partial charge in [0.25, 0.3) is 0 Å². The van der Waals surface area contributed by atoms with Crippen LogP contribution in [0.2, 0.25) is 0 Å². The molecule has 4 heteroatoms. The average Bonchev–Trinajstić information content (AvgIpc) is 3.17. The van der Waals surface area contributed by atoms with Gasteiger partial charge in [-0.2, -0.15) is 5.26 Å². The molecule has 108 valence electrons. The molecule has 3 rings (SSSR count). The van der Waals surface area contributed by atoms with E-state index in [2.05, 4.69) is 39.9 Å². The van der Waals surface area contributed by atoms with Crippen molar-refractivity contribution in [3.05, 3.63) is 51.7 Å². The lowest BCUT2D eigenvalue weighted by Gasteiger charge is -2.30. The lowest BCUT2D eigenvalue weighted by Crippen LogP contribution is -2.28. The minimum atomic E-state index is 0.396. The fourth-order valence-corrected chi connectivity index (χ4v) is 3.97. The van der Waals surface area contributed by atoms with Gasteiger partial charge in [0.2, 0.25) is 0 Å². The van der Waals surface area contributed by atoms with Gasteiger partial charge in [-0.25, -0.2) is 0 Å². The number of nitrogens with zero attached hydrogens (tertiary/aromatic N) is 2. The second kappa shape index (κ2) is 6.30. The molecule has 0 unspecified atom stereocenters. The predicted octanol–water partition coefficient (Wildman–Crippen LogP) is 3.33. The molecule has 1 atom stereocenters. The highest BCUT2D eigenvalue weighted by molar-refractivity contribution is 7.10. The van der Waals surface area contributed by atoms with E-state index >= 15 is 0 Å². The minimum absolute atomic E-state index is 0.396. The van der Waals surface area contributed by atoms with E-state index in [1.54, 1.807) is 0 Å². The predicted molar refractivity (Wildman–Crippen MR) is 87.8 cm³/mol. The smallest absolute Gasteiger partial charge is 0.0995 e. The summed E-state index contributed by atoms with van der Waals surface area (Å²) in [5.41, 5.74) is 3.28. The van der Waals surface area contributed by atoms with Crippen LogP contribution in [0.4, 0.5) is 5.69 Å². The summed E-state index contributed by atoms with van der Waals surface area (Å²) >= 11 is 1.82. The van der Waals surface area contributed by atoms with E-state index in [4.69, 9.17) is 0 Å². The summed E-state index contributed by atoms with van der Waals surface area (Å²) < 4.78 is 0. The highest BCUT2D eigenvalue weighted by atomic mass is 32.1. The minimum Gasteiger partial charge on any atom is -0.363 e. The quantitative estimate of drug-likeness (QED) is 0.920. The van der Waals surface area contributed by atoms with Crippen LogP contribution in [-0.2, 0) is 6.42 Å². The van der Waals surface area contributed by atoms with Gasteiger partial charge in [-0.15, -0.1) is 11.3 Å². The maximum Gasteiger partial charge on any atom is 0.0995 e. The topological polar surface area (TPSA) is 39.1 Å². The highest BCUT2D eigenvalue weighted by Crippen LogP contribution is 2.39. The van der Waals surface area contributed by atoms with Crippen LogP contribution >= 0.6 is 11.3 Å². The molecule has 2 aromatic rings. The Morgan fingerprint density at radius 1 is 1.38 bits per heavy atom. The first-order valence-corrected chi connectivity index (χ1v) is 8.19. The van der Waals surface area contributed by atoms with E-state index in [9.17, 15) is 5.26 Å². The van der Waals surface area contributed by atoms with Gasteiger partial charge in [0.05, 0.1) is 17.7 Å². The second-order valence-corrected chi connectivity index (χ2v) is 6.26. The van der Waals surface area contributed by atoms with E-state index in [1.807, 2.05) is 30.5 Å². The first kappa shape index (κ1) is 14.1. The zero-order valence-corrected chi connectivity index (χ0v) is 13.0. The summed E-state index contributed by atoms with van der Waals surface area (Å²) in [4.78, 5) is 3.87. The van der Waals surface area contributed by atoms with Gasteiger partial charge in [0.1, 0.15) is 0 Å². The summed E-state index contributed by atoms with van der Waals surface area (Å²) in [6, 6.07) is 13.1. The number of hydrogen-bond acceptors (Lipinski definition) is 4. The monoisotopic (exact) mass is 297 g/mol. The molecule has 21 heavy (non-hydrogen) atoms. The molecular formula is C17H19N3S. The maximum atomic E-state index is 9.28. The number of benzene rings is 1. The maximum absolute atomic E-state index is 9.28. The largest absolute Gasteiger partial charge is 0.363 e. The number of nitrogens with one attached hydrogen (secondary N) is 1. The fourth-order valence-electron chi connectivity index (χ4n) is 3.10. The molecule has 1 aliphatic heterocycles. The third kappa shape index (κ3) is 2.67. The Labute approximate surface area is 129 Å². The van der Waals surface area contributed by atoms with Crippen molar-refractivity contribution in [3.8, 4) is 6.07 Å². The molecule has 1 aromatic carbocycles. The van der Waals surface area contributed by atoms with E-state index in [1.165, 1.54) is 16.1 Å². The van der Waals surface area contributed by atoms with Crippen molar-refractivity contribution < 1.29 is 0 Å². The Balaban J connectivity index is 1.95. The highest BCUT2D eigenvalue weighted by Gasteiger charge is 2.28. The van der Waals surface area contributed by atoms with Crippen LogP contribution in [0.3, 0.4) is 0 Å². The number of nitriles is 1. The van der Waals surface area contributed by atoms with Crippen molar-refractivity contribution in [1.29, 1.82) is 5.26 Å². The number of fused-ring (bicyclic) bond motifs is 1. The normalized spacial score (nSPS) is 14.8. The number of rotatable bonds is 5. The van der Waals surface area contributed by atoms with Crippen molar-refractivity contribution in [2.24, 2.45) is 0 Å². The SMILES string of the molecule is CNCC[C@@H](c1cccs1)N1CCc2c(C#N)cccc21. The van der Waals surface area contributed by atoms with Crippen LogP contribution in [0.15, 0.2) is 35.7 Å². The van der Waals surface area contributed by atoms with Crippen molar-refractivity contribution in [2.45, 2.75) is 18.9 Å². The molecule has 1 aliphatic rings. The summed E-state index contributed by atoms with van der Waals surface area (Å²) in [6.07, 6.45) is 2.05. The molecule has 3 nitrogen and oxygen atoms in total. The second-order valence-electron chi connectivity index (χ2n) is 5.28. The van der Waals surface area contributed by atoms with Crippen LogP contribution in [0, 0.1) is 11.3 Å².